The summed E-state index contributed by atoms with van der Waals surface area (Å²) >= 11 is 6.00. The van der Waals surface area contributed by atoms with Crippen molar-refractivity contribution in [1.29, 1.82) is 0 Å². The molecule has 2 aromatic rings. The van der Waals surface area contributed by atoms with E-state index in [4.69, 9.17) is 16.3 Å². The Bertz CT molecular complexity index is 825. The predicted octanol–water partition coefficient (Wildman–Crippen LogP) is 3.82. The molecule has 0 unspecified atom stereocenters. The van der Waals surface area contributed by atoms with E-state index in [2.05, 4.69) is 33.3 Å². The molecule has 2 aliphatic rings. The molecule has 1 amide bonds. The molecular weight excluding hydrogens is 374 g/mol. The van der Waals surface area contributed by atoms with Crippen molar-refractivity contribution in [2.45, 2.75) is 19.3 Å². The minimum atomic E-state index is 0.0926. The van der Waals surface area contributed by atoms with Gasteiger partial charge in [-0.05, 0) is 60.9 Å². The van der Waals surface area contributed by atoms with Crippen molar-refractivity contribution in [2.24, 2.45) is 0 Å². The highest BCUT2D eigenvalue weighted by atomic mass is 35.5. The number of aryl methyl sites for hydroxylation is 1. The first kappa shape index (κ1) is 19.1. The van der Waals surface area contributed by atoms with E-state index in [1.54, 1.807) is 0 Å². The third-order valence-electron chi connectivity index (χ3n) is 5.43. The number of rotatable bonds is 5. The third kappa shape index (κ3) is 4.78. The van der Waals surface area contributed by atoms with Gasteiger partial charge in [0, 0.05) is 55.5 Å². The fourth-order valence-corrected chi connectivity index (χ4v) is 3.97. The van der Waals surface area contributed by atoms with Gasteiger partial charge in [0.15, 0.2) is 0 Å². The van der Waals surface area contributed by atoms with Gasteiger partial charge in [-0.25, -0.2) is 0 Å². The lowest BCUT2D eigenvalue weighted by atomic mass is 10.0. The Labute approximate surface area is 171 Å². The highest BCUT2D eigenvalue weighted by Gasteiger charge is 2.17. The number of anilines is 2. The fourth-order valence-electron chi connectivity index (χ4n) is 3.85. The quantitative estimate of drug-likeness (QED) is 0.830. The molecular formula is C22H26ClN3O2. The smallest absolute Gasteiger partial charge is 0.224 e. The van der Waals surface area contributed by atoms with Gasteiger partial charge in [-0.2, -0.15) is 0 Å². The zero-order chi connectivity index (χ0) is 19.3. The number of benzene rings is 2. The predicted molar refractivity (Wildman–Crippen MR) is 114 cm³/mol. The number of hydrogen-bond donors (Lipinski definition) is 1. The van der Waals surface area contributed by atoms with Gasteiger partial charge in [-0.1, -0.05) is 11.6 Å². The largest absolute Gasteiger partial charge is 0.492 e. The number of carbonyl (C=O) groups excluding carboxylic acids is 1. The van der Waals surface area contributed by atoms with Crippen LogP contribution in [0.2, 0.25) is 5.02 Å². The SMILES string of the molecule is O=C1CCc2cc(OCCN3CCCN(c4ccc(Cl)cc4)CC3)ccc2N1. The number of fused-ring (bicyclic) bond motifs is 1. The van der Waals surface area contributed by atoms with Crippen LogP contribution in [0, 0.1) is 0 Å². The lowest BCUT2D eigenvalue weighted by molar-refractivity contribution is -0.116. The summed E-state index contributed by atoms with van der Waals surface area (Å²) in [6.45, 7) is 5.79. The molecule has 0 atom stereocenters. The molecule has 0 aromatic heterocycles. The van der Waals surface area contributed by atoms with Crippen LogP contribution in [0.1, 0.15) is 18.4 Å². The Hall–Kier alpha value is -2.24. The van der Waals surface area contributed by atoms with Crippen LogP contribution in [0.4, 0.5) is 11.4 Å². The number of nitrogens with one attached hydrogen (secondary N) is 1. The van der Waals surface area contributed by atoms with Gasteiger partial charge < -0.3 is 15.0 Å². The Morgan fingerprint density at radius 1 is 1.00 bits per heavy atom. The van der Waals surface area contributed by atoms with Crippen LogP contribution in [0.5, 0.6) is 5.75 Å². The first-order valence-corrected chi connectivity index (χ1v) is 10.3. The van der Waals surface area contributed by atoms with Gasteiger partial charge in [0.2, 0.25) is 5.91 Å². The molecule has 1 saturated heterocycles. The summed E-state index contributed by atoms with van der Waals surface area (Å²) in [5.41, 5.74) is 3.31. The van der Waals surface area contributed by atoms with Crippen molar-refractivity contribution in [2.75, 3.05) is 49.5 Å². The van der Waals surface area contributed by atoms with Gasteiger partial charge in [0.05, 0.1) is 0 Å². The van der Waals surface area contributed by atoms with Gasteiger partial charge in [0.25, 0.3) is 0 Å². The van der Waals surface area contributed by atoms with Crippen LogP contribution in [0.3, 0.4) is 0 Å². The first-order chi connectivity index (χ1) is 13.7. The summed E-state index contributed by atoms with van der Waals surface area (Å²) in [5.74, 6) is 0.975. The average molecular weight is 400 g/mol. The Kier molecular flexibility index (Phi) is 6.03. The molecule has 2 aliphatic heterocycles. The minimum absolute atomic E-state index is 0.0926. The summed E-state index contributed by atoms with van der Waals surface area (Å²) in [5, 5.41) is 3.69. The molecule has 0 aliphatic carbocycles. The summed E-state index contributed by atoms with van der Waals surface area (Å²) in [7, 11) is 0. The van der Waals surface area contributed by atoms with Crippen molar-refractivity contribution in [3.8, 4) is 5.75 Å². The van der Waals surface area contributed by atoms with Crippen LogP contribution in [-0.4, -0.2) is 50.1 Å². The lowest BCUT2D eigenvalue weighted by Crippen LogP contribution is -2.33. The monoisotopic (exact) mass is 399 g/mol. The Morgan fingerprint density at radius 2 is 1.86 bits per heavy atom. The second-order valence-electron chi connectivity index (χ2n) is 7.37. The van der Waals surface area contributed by atoms with Gasteiger partial charge in [-0.15, -0.1) is 0 Å². The maximum absolute atomic E-state index is 11.5. The molecule has 1 N–H and O–H groups in total. The number of carbonyl (C=O) groups is 1. The van der Waals surface area contributed by atoms with Crippen LogP contribution >= 0.6 is 11.6 Å². The van der Waals surface area contributed by atoms with Crippen molar-refractivity contribution in [1.82, 2.24) is 4.90 Å². The molecule has 5 nitrogen and oxygen atoms in total. The summed E-state index contributed by atoms with van der Waals surface area (Å²) < 4.78 is 5.98. The number of halogens is 1. The molecule has 0 saturated carbocycles. The molecule has 6 heteroatoms. The van der Waals surface area contributed by atoms with E-state index < -0.39 is 0 Å². The zero-order valence-electron chi connectivity index (χ0n) is 16.0. The van der Waals surface area contributed by atoms with Crippen LogP contribution in [-0.2, 0) is 11.2 Å². The molecule has 0 spiro atoms. The summed E-state index contributed by atoms with van der Waals surface area (Å²) in [4.78, 5) is 16.3. The normalized spacial score (nSPS) is 17.6. The molecule has 2 aromatic carbocycles. The maximum atomic E-state index is 11.5. The second-order valence-corrected chi connectivity index (χ2v) is 7.81. The summed E-state index contributed by atoms with van der Waals surface area (Å²) in [6, 6.07) is 14.0. The summed E-state index contributed by atoms with van der Waals surface area (Å²) in [6.07, 6.45) is 2.47. The number of hydrogen-bond acceptors (Lipinski definition) is 4. The van der Waals surface area contributed by atoms with Gasteiger partial charge in [-0.3, -0.25) is 9.69 Å². The van der Waals surface area contributed by atoms with E-state index in [9.17, 15) is 4.79 Å². The molecule has 2 heterocycles. The van der Waals surface area contributed by atoms with Crippen LogP contribution in [0.15, 0.2) is 42.5 Å². The van der Waals surface area contributed by atoms with E-state index in [0.29, 0.717) is 13.0 Å². The van der Waals surface area contributed by atoms with Gasteiger partial charge >= 0.3 is 0 Å². The molecule has 0 radical (unpaired) electrons. The number of amides is 1. The van der Waals surface area contributed by atoms with Crippen molar-refractivity contribution >= 4 is 28.9 Å². The minimum Gasteiger partial charge on any atom is -0.492 e. The molecule has 4 rings (SSSR count). The second kappa shape index (κ2) is 8.84. The molecule has 148 valence electrons. The molecule has 28 heavy (non-hydrogen) atoms. The van der Waals surface area contributed by atoms with Crippen molar-refractivity contribution in [3.05, 3.63) is 53.1 Å². The fraction of sp³-hybridized carbons (Fsp3) is 0.409. The Morgan fingerprint density at radius 3 is 2.71 bits per heavy atom. The van der Waals surface area contributed by atoms with Crippen LogP contribution in [0.25, 0.3) is 0 Å². The van der Waals surface area contributed by atoms with Gasteiger partial charge in [0.1, 0.15) is 12.4 Å². The van der Waals surface area contributed by atoms with E-state index in [0.717, 1.165) is 67.6 Å². The standard InChI is InChI=1S/C22H26ClN3O2/c23-18-3-5-19(6-4-18)26-11-1-10-25(12-13-26)14-15-28-20-7-8-21-17(16-20)2-9-22(27)24-21/h3-8,16H,1-2,9-15H2,(H,24,27). The van der Waals surface area contributed by atoms with Crippen molar-refractivity contribution in [3.63, 3.8) is 0 Å². The maximum Gasteiger partial charge on any atom is 0.224 e. The van der Waals surface area contributed by atoms with E-state index >= 15 is 0 Å². The topological polar surface area (TPSA) is 44.8 Å². The van der Waals surface area contributed by atoms with E-state index in [1.165, 1.54) is 5.69 Å². The van der Waals surface area contributed by atoms with Crippen LogP contribution < -0.4 is 15.0 Å². The molecule has 1 fully saturated rings. The molecule has 0 bridgehead atoms. The van der Waals surface area contributed by atoms with E-state index in [-0.39, 0.29) is 5.91 Å². The van der Waals surface area contributed by atoms with Crippen molar-refractivity contribution < 1.29 is 9.53 Å². The zero-order valence-corrected chi connectivity index (χ0v) is 16.8. The Balaban J connectivity index is 1.25. The highest BCUT2D eigenvalue weighted by molar-refractivity contribution is 6.30. The average Bonchev–Trinajstić information content (AvgIpc) is 2.94. The first-order valence-electron chi connectivity index (χ1n) is 9.96. The van der Waals surface area contributed by atoms with E-state index in [1.807, 2.05) is 24.3 Å². The highest BCUT2D eigenvalue weighted by Crippen LogP contribution is 2.27. The number of ether oxygens (including phenoxy) is 1. The lowest BCUT2D eigenvalue weighted by Gasteiger charge is -2.24. The third-order valence-corrected chi connectivity index (χ3v) is 5.68. The number of nitrogens with zero attached hydrogens (tertiary/aromatic N) is 2.